The molecule has 44 heavy (non-hydrogen) atoms. The Kier molecular flexibility index (Phi) is 9.31. The number of rotatable bonds is 7. The highest BCUT2D eigenvalue weighted by Crippen LogP contribution is 2.48. The zero-order valence-corrected chi connectivity index (χ0v) is 25.9. The second-order valence-corrected chi connectivity index (χ2v) is 12.3. The van der Waals surface area contributed by atoms with Crippen molar-refractivity contribution < 1.29 is 31.8 Å². The lowest BCUT2D eigenvalue weighted by atomic mass is 9.96. The largest absolute Gasteiger partial charge is 0.417 e. The lowest BCUT2D eigenvalue weighted by molar-refractivity contribution is -0.137. The number of anilines is 1. The van der Waals surface area contributed by atoms with E-state index in [1.807, 2.05) is 13.8 Å². The molecule has 0 aliphatic carbocycles. The van der Waals surface area contributed by atoms with Crippen LogP contribution in [-0.2, 0) is 27.0 Å². The molecule has 3 heterocycles. The molecule has 0 radical (unpaired) electrons. The number of benzene rings is 2. The van der Waals surface area contributed by atoms with Gasteiger partial charge in [-0.1, -0.05) is 24.2 Å². The number of methoxy groups -OCH3 is 1. The summed E-state index contributed by atoms with van der Waals surface area (Å²) in [5.41, 5.74) is -1.49. The second-order valence-electron chi connectivity index (χ2n) is 10.8. The van der Waals surface area contributed by atoms with E-state index < -0.39 is 29.4 Å². The van der Waals surface area contributed by atoms with Crippen LogP contribution in [0.4, 0.5) is 23.4 Å². The molecule has 5 rings (SSSR count). The van der Waals surface area contributed by atoms with Crippen LogP contribution >= 0.6 is 23.4 Å². The predicted molar refractivity (Wildman–Crippen MR) is 162 cm³/mol. The first-order valence-electron chi connectivity index (χ1n) is 13.9. The van der Waals surface area contributed by atoms with Crippen molar-refractivity contribution in [2.24, 2.45) is 0 Å². The summed E-state index contributed by atoms with van der Waals surface area (Å²) in [6.45, 7) is 8.25. The third kappa shape index (κ3) is 6.07. The van der Waals surface area contributed by atoms with E-state index in [0.717, 1.165) is 30.0 Å². The number of ether oxygens (including phenoxy) is 2. The monoisotopic (exact) mass is 654 g/mol. The van der Waals surface area contributed by atoms with Gasteiger partial charge in [0.25, 0.3) is 0 Å². The van der Waals surface area contributed by atoms with Gasteiger partial charge in [-0.3, -0.25) is 9.36 Å². The molecule has 1 amide bonds. The van der Waals surface area contributed by atoms with Crippen molar-refractivity contribution in [3.8, 4) is 11.1 Å². The molecule has 0 spiro atoms. The molecule has 3 aromatic rings. The first kappa shape index (κ1) is 32.3. The highest BCUT2D eigenvalue weighted by Gasteiger charge is 2.40. The van der Waals surface area contributed by atoms with E-state index in [4.69, 9.17) is 21.1 Å². The number of amides is 1. The minimum Gasteiger partial charge on any atom is -0.382 e. The minimum atomic E-state index is -4.82. The second kappa shape index (κ2) is 12.7. The summed E-state index contributed by atoms with van der Waals surface area (Å²) in [6.07, 6.45) is -4.14. The summed E-state index contributed by atoms with van der Waals surface area (Å²) in [6, 6.07) is 3.75. The molecule has 1 fully saturated rings. The number of carbonyl (C=O) groups excluding carboxylic acids is 1. The summed E-state index contributed by atoms with van der Waals surface area (Å²) >= 11 is 7.17. The molecule has 0 saturated carbocycles. The van der Waals surface area contributed by atoms with Crippen molar-refractivity contribution in [3.63, 3.8) is 0 Å². The zero-order chi connectivity index (χ0) is 31.9. The van der Waals surface area contributed by atoms with Gasteiger partial charge in [-0.25, -0.2) is 9.18 Å². The average molecular weight is 655 g/mol. The van der Waals surface area contributed by atoms with Crippen LogP contribution in [-0.4, -0.2) is 77.7 Å². The zero-order valence-electron chi connectivity index (χ0n) is 24.3. The Morgan fingerprint density at radius 1 is 1.18 bits per heavy atom. The number of aromatic nitrogens is 2. The quantitative estimate of drug-likeness (QED) is 0.186. The molecule has 1 saturated heterocycles. The van der Waals surface area contributed by atoms with Crippen LogP contribution in [0.3, 0.4) is 0 Å². The Bertz CT molecular complexity index is 1650. The highest BCUT2D eigenvalue weighted by molar-refractivity contribution is 7.99. The van der Waals surface area contributed by atoms with Gasteiger partial charge in [-0.2, -0.15) is 18.2 Å². The number of halogens is 5. The molecule has 2 aromatic carbocycles. The Morgan fingerprint density at radius 2 is 1.89 bits per heavy atom. The smallest absolute Gasteiger partial charge is 0.382 e. The molecular weight excluding hydrogens is 624 g/mol. The van der Waals surface area contributed by atoms with Gasteiger partial charge >= 0.3 is 11.9 Å². The molecule has 2 aliphatic heterocycles. The number of alkyl halides is 3. The molecular formula is C30H31ClF4N4O4S. The van der Waals surface area contributed by atoms with Crippen LogP contribution in [0, 0.1) is 5.82 Å². The molecule has 14 heteroatoms. The van der Waals surface area contributed by atoms with Gasteiger partial charge in [0, 0.05) is 53.9 Å². The number of thioether (sulfide) groups is 1. The van der Waals surface area contributed by atoms with Crippen LogP contribution in [0.2, 0.25) is 5.02 Å². The minimum absolute atomic E-state index is 0.0513. The Morgan fingerprint density at radius 3 is 2.50 bits per heavy atom. The Hall–Kier alpha value is -3.13. The molecule has 0 bridgehead atoms. The van der Waals surface area contributed by atoms with Gasteiger partial charge in [0.2, 0.25) is 5.91 Å². The molecule has 1 aromatic heterocycles. The first-order chi connectivity index (χ1) is 20.8. The fourth-order valence-corrected chi connectivity index (χ4v) is 7.44. The van der Waals surface area contributed by atoms with Crippen LogP contribution in [0.5, 0.6) is 0 Å². The summed E-state index contributed by atoms with van der Waals surface area (Å²) in [7, 11) is 1.52. The summed E-state index contributed by atoms with van der Waals surface area (Å²) in [4.78, 5) is 34.2. The van der Waals surface area contributed by atoms with Crippen molar-refractivity contribution in [2.45, 2.75) is 49.7 Å². The fraction of sp³-hybridized carbons (Fsp3) is 0.433. The van der Waals surface area contributed by atoms with Crippen molar-refractivity contribution in [1.82, 2.24) is 14.5 Å². The van der Waals surface area contributed by atoms with Gasteiger partial charge in [0.15, 0.2) is 0 Å². The number of hydrogen-bond acceptors (Lipinski definition) is 7. The number of hydrogen-bond donors (Lipinski definition) is 0. The first-order valence-corrected chi connectivity index (χ1v) is 15.3. The van der Waals surface area contributed by atoms with Crippen LogP contribution in [0.15, 0.2) is 46.6 Å². The summed E-state index contributed by atoms with van der Waals surface area (Å²) < 4.78 is 71.2. The van der Waals surface area contributed by atoms with Gasteiger partial charge in [-0.15, -0.1) is 11.8 Å². The molecule has 0 unspecified atom stereocenters. The molecule has 3 atom stereocenters. The molecule has 2 aliphatic rings. The van der Waals surface area contributed by atoms with Crippen molar-refractivity contribution >= 4 is 46.0 Å². The number of piperazine rings is 1. The van der Waals surface area contributed by atoms with Crippen molar-refractivity contribution in [2.75, 3.05) is 44.1 Å². The van der Waals surface area contributed by atoms with Crippen LogP contribution in [0.25, 0.3) is 22.0 Å². The topological polar surface area (TPSA) is 76.9 Å². The molecule has 0 N–H and O–H groups in total. The van der Waals surface area contributed by atoms with E-state index >= 15 is 0 Å². The maximum absolute atomic E-state index is 14.9. The maximum atomic E-state index is 14.9. The maximum Gasteiger partial charge on any atom is 0.417 e. The molecule has 236 valence electrons. The summed E-state index contributed by atoms with van der Waals surface area (Å²) in [5, 5.41) is -0.193. The van der Waals surface area contributed by atoms with Gasteiger partial charge in [0.05, 0.1) is 42.0 Å². The van der Waals surface area contributed by atoms with E-state index in [0.29, 0.717) is 6.61 Å². The van der Waals surface area contributed by atoms with E-state index in [-0.39, 0.29) is 87.8 Å². The lowest BCUT2D eigenvalue weighted by Crippen LogP contribution is -2.58. The van der Waals surface area contributed by atoms with Gasteiger partial charge < -0.3 is 19.3 Å². The lowest BCUT2D eigenvalue weighted by Gasteiger charge is -2.44. The standard InChI is InChI=1S/C30H31ClF4N4O4S/c1-5-24(40)39-16(2)12-37(13-17(39)3)28-20-11-21(30(33,34)35)25(18-6-7-23(32)22(31)10-18)27-26(20)38(29(41)36-28)14-19(15-44-27)43-9-8-42-4/h5-7,10-11,16-17,19H,1,8-9,12-15H2,2-4H3/t16-,17+,19-/m0/s1. The third-order valence-corrected chi connectivity index (χ3v) is 9.31. The fourth-order valence-electron chi connectivity index (χ4n) is 5.97. The van der Waals surface area contributed by atoms with Crippen LogP contribution < -0.4 is 10.6 Å². The summed E-state index contributed by atoms with van der Waals surface area (Å²) in [5.74, 6) is -0.700. The molecule has 8 nitrogen and oxygen atoms in total. The van der Waals surface area contributed by atoms with Crippen LogP contribution in [0.1, 0.15) is 19.4 Å². The average Bonchev–Trinajstić information content (AvgIpc) is 3.16. The van der Waals surface area contributed by atoms with E-state index in [2.05, 4.69) is 11.6 Å². The van der Waals surface area contributed by atoms with Gasteiger partial charge in [-0.05, 0) is 43.7 Å². The Labute approximate surface area is 260 Å². The SMILES string of the molecule is C=CC(=O)N1[C@H](C)CN(c2nc(=O)n3c4c(c(-c5ccc(F)c(Cl)c5)c(C(F)(F)F)cc24)SC[C@@H](OCCOC)C3)C[C@@H]1C. The van der Waals surface area contributed by atoms with Crippen molar-refractivity contribution in [3.05, 3.63) is 63.8 Å². The van der Waals surface area contributed by atoms with E-state index in [9.17, 15) is 27.2 Å². The normalized spacial score (nSPS) is 20.6. The van der Waals surface area contributed by atoms with E-state index in [1.54, 1.807) is 9.80 Å². The Balaban J connectivity index is 1.78. The highest BCUT2D eigenvalue weighted by atomic mass is 35.5. The van der Waals surface area contributed by atoms with Crippen molar-refractivity contribution in [1.29, 1.82) is 0 Å². The third-order valence-electron chi connectivity index (χ3n) is 7.80. The number of nitrogens with zero attached hydrogens (tertiary/aromatic N) is 4. The van der Waals surface area contributed by atoms with Gasteiger partial charge in [0.1, 0.15) is 11.6 Å². The number of carbonyl (C=O) groups is 1. The van der Waals surface area contributed by atoms with E-state index in [1.165, 1.54) is 23.8 Å². The predicted octanol–water partition coefficient (Wildman–Crippen LogP) is 5.62.